The number of nitrogens with zero attached hydrogens (tertiary/aromatic N) is 5. The van der Waals surface area contributed by atoms with Gasteiger partial charge in [-0.15, -0.1) is 10.2 Å². The molecule has 2 atom stereocenters. The van der Waals surface area contributed by atoms with E-state index < -0.39 is 10.0 Å². The standard InChI is InChI=1S/C18H25N5O4S/c1-21-12-13(24)10-16(21)18-20-19-17-6-7-22(8-9-23(17)18)28(25,26)15-5-3-4-14(11-15)27-2/h3-5,11,13,16,24H,6-10,12H2,1-2H3/t13-,16+/m1/s1. The van der Waals surface area contributed by atoms with Gasteiger partial charge in [0.15, 0.2) is 5.82 Å². The normalized spacial score (nSPS) is 24.1. The first kappa shape index (κ1) is 19.3. The van der Waals surface area contributed by atoms with Gasteiger partial charge in [-0.1, -0.05) is 6.07 Å². The molecule has 1 aromatic carbocycles. The van der Waals surface area contributed by atoms with Crippen molar-refractivity contribution in [1.29, 1.82) is 0 Å². The van der Waals surface area contributed by atoms with Crippen LogP contribution in [0.1, 0.15) is 24.1 Å². The maximum Gasteiger partial charge on any atom is 0.243 e. The first-order valence-corrected chi connectivity index (χ1v) is 10.8. The monoisotopic (exact) mass is 407 g/mol. The molecule has 1 aromatic heterocycles. The number of ether oxygens (including phenoxy) is 1. The van der Waals surface area contributed by atoms with E-state index in [0.29, 0.717) is 44.8 Å². The van der Waals surface area contributed by atoms with Gasteiger partial charge in [0.2, 0.25) is 10.0 Å². The quantitative estimate of drug-likeness (QED) is 0.776. The molecule has 1 N–H and O–H groups in total. The first-order chi connectivity index (χ1) is 13.4. The molecular formula is C18H25N5O4S. The number of aliphatic hydroxyl groups is 1. The SMILES string of the molecule is COc1cccc(S(=O)(=O)N2CCc3nnc([C@@H]4C[C@@H](O)CN4C)n3CC2)c1. The van der Waals surface area contributed by atoms with E-state index in [1.54, 1.807) is 24.3 Å². The summed E-state index contributed by atoms with van der Waals surface area (Å²) in [6.45, 7) is 1.78. The van der Waals surface area contributed by atoms with Crippen LogP contribution in [-0.4, -0.2) is 77.4 Å². The van der Waals surface area contributed by atoms with E-state index in [9.17, 15) is 13.5 Å². The number of fused-ring (bicyclic) bond motifs is 1. The molecule has 2 aliphatic heterocycles. The van der Waals surface area contributed by atoms with Gasteiger partial charge in [-0.05, 0) is 25.6 Å². The van der Waals surface area contributed by atoms with Crippen LogP contribution >= 0.6 is 0 Å². The lowest BCUT2D eigenvalue weighted by molar-refractivity contribution is 0.182. The summed E-state index contributed by atoms with van der Waals surface area (Å²) in [5, 5.41) is 18.6. The van der Waals surface area contributed by atoms with Crippen LogP contribution in [0.3, 0.4) is 0 Å². The molecule has 2 aromatic rings. The minimum absolute atomic E-state index is 0.00204. The Morgan fingerprint density at radius 1 is 1.21 bits per heavy atom. The fraction of sp³-hybridized carbons (Fsp3) is 0.556. The summed E-state index contributed by atoms with van der Waals surface area (Å²) >= 11 is 0. The molecule has 152 valence electrons. The molecule has 4 rings (SSSR count). The van der Waals surface area contributed by atoms with Crippen molar-refractivity contribution >= 4 is 10.0 Å². The van der Waals surface area contributed by atoms with Gasteiger partial charge in [0.05, 0.1) is 24.2 Å². The maximum atomic E-state index is 13.1. The van der Waals surface area contributed by atoms with Gasteiger partial charge in [0, 0.05) is 38.7 Å². The lowest BCUT2D eigenvalue weighted by Crippen LogP contribution is -2.34. The molecule has 0 aliphatic carbocycles. The summed E-state index contributed by atoms with van der Waals surface area (Å²) in [5.74, 6) is 2.10. The lowest BCUT2D eigenvalue weighted by atomic mass is 10.2. The smallest absolute Gasteiger partial charge is 0.243 e. The highest BCUT2D eigenvalue weighted by atomic mass is 32.2. The Kier molecular flexibility index (Phi) is 5.13. The largest absolute Gasteiger partial charge is 0.497 e. The molecule has 0 radical (unpaired) electrons. The van der Waals surface area contributed by atoms with Gasteiger partial charge >= 0.3 is 0 Å². The number of likely N-dealkylation sites (tertiary alicyclic amines) is 1. The van der Waals surface area contributed by atoms with E-state index in [1.807, 2.05) is 11.6 Å². The van der Waals surface area contributed by atoms with E-state index in [2.05, 4.69) is 15.1 Å². The summed E-state index contributed by atoms with van der Waals surface area (Å²) in [4.78, 5) is 2.29. The second-order valence-electron chi connectivity index (χ2n) is 7.30. The fourth-order valence-corrected chi connectivity index (χ4v) is 5.47. The van der Waals surface area contributed by atoms with Crippen LogP contribution in [0.15, 0.2) is 29.2 Å². The zero-order valence-corrected chi connectivity index (χ0v) is 16.8. The molecule has 1 fully saturated rings. The van der Waals surface area contributed by atoms with E-state index >= 15 is 0 Å². The average molecular weight is 407 g/mol. The number of aromatic nitrogens is 3. The van der Waals surface area contributed by atoms with Crippen molar-refractivity contribution in [2.24, 2.45) is 0 Å². The molecule has 0 amide bonds. The number of hydrogen-bond donors (Lipinski definition) is 1. The average Bonchev–Trinajstić information content (AvgIpc) is 3.15. The van der Waals surface area contributed by atoms with Crippen LogP contribution in [0.4, 0.5) is 0 Å². The second kappa shape index (κ2) is 7.43. The number of sulfonamides is 1. The Morgan fingerprint density at radius 3 is 2.75 bits per heavy atom. The molecule has 1 saturated heterocycles. The summed E-state index contributed by atoms with van der Waals surface area (Å²) in [5.41, 5.74) is 0. The van der Waals surface area contributed by atoms with Crippen LogP contribution in [0.2, 0.25) is 0 Å². The Balaban J connectivity index is 1.57. The minimum Gasteiger partial charge on any atom is -0.497 e. The molecule has 0 saturated carbocycles. The zero-order valence-electron chi connectivity index (χ0n) is 16.0. The molecule has 10 heteroatoms. The van der Waals surface area contributed by atoms with Gasteiger partial charge in [-0.2, -0.15) is 4.31 Å². The van der Waals surface area contributed by atoms with Gasteiger partial charge in [-0.25, -0.2) is 8.42 Å². The minimum atomic E-state index is -3.62. The molecule has 0 unspecified atom stereocenters. The topological polar surface area (TPSA) is 101 Å². The van der Waals surface area contributed by atoms with Crippen molar-refractivity contribution < 1.29 is 18.3 Å². The summed E-state index contributed by atoms with van der Waals surface area (Å²) in [7, 11) is -0.151. The van der Waals surface area contributed by atoms with E-state index in [-0.39, 0.29) is 17.0 Å². The summed E-state index contributed by atoms with van der Waals surface area (Å²) in [6.07, 6.45) is 0.731. The highest BCUT2D eigenvalue weighted by Gasteiger charge is 2.35. The number of hydrogen-bond acceptors (Lipinski definition) is 7. The van der Waals surface area contributed by atoms with Crippen LogP contribution < -0.4 is 4.74 Å². The number of β-amino-alcohol motifs (C(OH)–C–C–N with tert-alkyl or cyclic N) is 1. The van der Waals surface area contributed by atoms with Gasteiger partial charge in [-0.3, -0.25) is 4.90 Å². The van der Waals surface area contributed by atoms with Gasteiger partial charge < -0.3 is 14.4 Å². The van der Waals surface area contributed by atoms with Gasteiger partial charge in [0.25, 0.3) is 0 Å². The van der Waals surface area contributed by atoms with E-state index in [0.717, 1.165) is 11.6 Å². The number of aliphatic hydroxyl groups excluding tert-OH is 1. The third-order valence-electron chi connectivity index (χ3n) is 5.52. The number of benzene rings is 1. The molecule has 9 nitrogen and oxygen atoms in total. The van der Waals surface area contributed by atoms with Crippen molar-refractivity contribution in [2.75, 3.05) is 33.8 Å². The Morgan fingerprint density at radius 2 is 2.04 bits per heavy atom. The maximum absolute atomic E-state index is 13.1. The molecule has 2 aliphatic rings. The van der Waals surface area contributed by atoms with Crippen LogP contribution in [0, 0.1) is 0 Å². The Labute approximate surface area is 164 Å². The second-order valence-corrected chi connectivity index (χ2v) is 9.24. The summed E-state index contributed by atoms with van der Waals surface area (Å²) < 4.78 is 34.9. The fourth-order valence-electron chi connectivity index (χ4n) is 4.00. The van der Waals surface area contributed by atoms with E-state index in [1.165, 1.54) is 11.4 Å². The highest BCUT2D eigenvalue weighted by molar-refractivity contribution is 7.89. The molecular weight excluding hydrogens is 382 g/mol. The van der Waals surface area contributed by atoms with Crippen molar-refractivity contribution in [1.82, 2.24) is 24.0 Å². The highest BCUT2D eigenvalue weighted by Crippen LogP contribution is 2.31. The molecule has 3 heterocycles. The predicted molar refractivity (Wildman–Crippen MR) is 101 cm³/mol. The van der Waals surface area contributed by atoms with E-state index in [4.69, 9.17) is 4.74 Å². The van der Waals surface area contributed by atoms with Crippen LogP contribution in [-0.2, 0) is 23.0 Å². The Bertz CT molecular complexity index is 961. The molecule has 0 spiro atoms. The van der Waals surface area contributed by atoms with Crippen molar-refractivity contribution in [3.8, 4) is 5.75 Å². The number of methoxy groups -OCH3 is 1. The molecule has 0 bridgehead atoms. The molecule has 28 heavy (non-hydrogen) atoms. The third kappa shape index (κ3) is 3.41. The Hall–Kier alpha value is -2.01. The van der Waals surface area contributed by atoms with Crippen molar-refractivity contribution in [2.45, 2.75) is 36.4 Å². The van der Waals surface area contributed by atoms with Crippen LogP contribution in [0.25, 0.3) is 0 Å². The third-order valence-corrected chi connectivity index (χ3v) is 7.41. The first-order valence-electron chi connectivity index (χ1n) is 9.34. The number of rotatable bonds is 4. The van der Waals surface area contributed by atoms with Crippen LogP contribution in [0.5, 0.6) is 5.75 Å². The lowest BCUT2D eigenvalue weighted by Gasteiger charge is -2.21. The zero-order chi connectivity index (χ0) is 19.9. The predicted octanol–water partition coefficient (Wildman–Crippen LogP) is 0.271. The van der Waals surface area contributed by atoms with Crippen molar-refractivity contribution in [3.05, 3.63) is 35.9 Å². The van der Waals surface area contributed by atoms with Gasteiger partial charge in [0.1, 0.15) is 11.6 Å². The number of likely N-dealkylation sites (N-methyl/N-ethyl adjacent to an activating group) is 1. The summed E-state index contributed by atoms with van der Waals surface area (Å²) in [6, 6.07) is 6.53. The van der Waals surface area contributed by atoms with Crippen molar-refractivity contribution in [3.63, 3.8) is 0 Å².